The van der Waals surface area contributed by atoms with E-state index in [0.717, 1.165) is 0 Å². The summed E-state index contributed by atoms with van der Waals surface area (Å²) in [4.78, 5) is 23.9. The van der Waals surface area contributed by atoms with Gasteiger partial charge in [0.25, 0.3) is 0 Å². The first-order valence-corrected chi connectivity index (χ1v) is 4.47. The summed E-state index contributed by atoms with van der Waals surface area (Å²) >= 11 is 2.04. The van der Waals surface area contributed by atoms with Crippen LogP contribution in [0.2, 0.25) is 0 Å². The van der Waals surface area contributed by atoms with Gasteiger partial charge in [0.1, 0.15) is 3.42 Å². The average molecular weight is 267 g/mol. The van der Waals surface area contributed by atoms with E-state index in [1.807, 2.05) is 22.6 Å². The summed E-state index contributed by atoms with van der Waals surface area (Å²) in [5.41, 5.74) is 0. The van der Waals surface area contributed by atoms with E-state index in [1.165, 1.54) is 4.90 Å². The number of likely N-dealkylation sites (N-methyl/N-ethyl adjacent to an activating group) is 1. The van der Waals surface area contributed by atoms with Crippen LogP contribution >= 0.6 is 22.6 Å². The molecule has 0 aromatic carbocycles. The summed E-state index contributed by atoms with van der Waals surface area (Å²) in [5, 5.41) is 0. The van der Waals surface area contributed by atoms with Gasteiger partial charge in [-0.25, -0.2) is 0 Å². The average Bonchev–Trinajstić information content (AvgIpc) is 1.81. The van der Waals surface area contributed by atoms with Crippen LogP contribution < -0.4 is 0 Å². The normalized spacial score (nSPS) is 32.8. The lowest BCUT2D eigenvalue weighted by Crippen LogP contribution is -2.50. The van der Waals surface area contributed by atoms with Gasteiger partial charge in [0.15, 0.2) is 5.78 Å². The Morgan fingerprint density at radius 1 is 1.55 bits per heavy atom. The third-order valence-electron chi connectivity index (χ3n) is 1.74. The second-order valence-corrected chi connectivity index (χ2v) is 5.46. The summed E-state index contributed by atoms with van der Waals surface area (Å²) in [7, 11) is 1.66. The van der Waals surface area contributed by atoms with Gasteiger partial charge in [0.05, 0.1) is 6.54 Å². The molecule has 0 spiro atoms. The number of halogens is 1. The zero-order valence-electron chi connectivity index (χ0n) is 6.56. The third kappa shape index (κ3) is 1.72. The van der Waals surface area contributed by atoms with Gasteiger partial charge < -0.3 is 4.90 Å². The van der Waals surface area contributed by atoms with Crippen LogP contribution in [0.3, 0.4) is 0 Å². The molecule has 3 nitrogen and oxygen atoms in total. The monoisotopic (exact) mass is 267 g/mol. The molecule has 0 aromatic heterocycles. The van der Waals surface area contributed by atoms with Crippen molar-refractivity contribution in [1.29, 1.82) is 0 Å². The summed E-state index contributed by atoms with van der Waals surface area (Å²) in [5.74, 6) is 0.196. The molecule has 1 saturated heterocycles. The van der Waals surface area contributed by atoms with Gasteiger partial charge >= 0.3 is 0 Å². The van der Waals surface area contributed by atoms with Crippen molar-refractivity contribution in [2.24, 2.45) is 0 Å². The molecule has 1 fully saturated rings. The zero-order chi connectivity index (χ0) is 8.65. The number of carbonyl (C=O) groups excluding carboxylic acids is 2. The van der Waals surface area contributed by atoms with Gasteiger partial charge in [0.2, 0.25) is 5.91 Å². The van der Waals surface area contributed by atoms with Crippen molar-refractivity contribution in [3.63, 3.8) is 0 Å². The number of piperidine rings is 1. The number of carbonyl (C=O) groups is 2. The molecule has 1 heterocycles. The van der Waals surface area contributed by atoms with Crippen LogP contribution in [0.1, 0.15) is 13.3 Å². The van der Waals surface area contributed by atoms with E-state index in [1.54, 1.807) is 14.0 Å². The Hall–Kier alpha value is -0.130. The molecule has 0 N–H and O–H groups in total. The first-order valence-electron chi connectivity index (χ1n) is 3.39. The highest BCUT2D eigenvalue weighted by atomic mass is 127. The molecule has 0 saturated carbocycles. The molecule has 0 bridgehead atoms. The first-order chi connectivity index (χ1) is 4.93. The molecule has 4 heteroatoms. The SMILES string of the molecule is CN1CC(=O)CC(C)(I)C1=O. The van der Waals surface area contributed by atoms with Crippen molar-refractivity contribution in [3.8, 4) is 0 Å². The molecular weight excluding hydrogens is 257 g/mol. The Morgan fingerprint density at radius 3 is 2.55 bits per heavy atom. The van der Waals surface area contributed by atoms with Gasteiger partial charge in [-0.3, -0.25) is 9.59 Å². The summed E-state index contributed by atoms with van der Waals surface area (Å²) in [6, 6.07) is 0. The maximum atomic E-state index is 11.4. The van der Waals surface area contributed by atoms with Crippen molar-refractivity contribution in [2.75, 3.05) is 13.6 Å². The summed E-state index contributed by atoms with van der Waals surface area (Å²) in [6.07, 6.45) is 0.372. The van der Waals surface area contributed by atoms with Crippen LogP contribution in [0.25, 0.3) is 0 Å². The predicted octanol–water partition coefficient (Wildman–Crippen LogP) is 0.611. The van der Waals surface area contributed by atoms with E-state index in [2.05, 4.69) is 0 Å². The number of likely N-dealkylation sites (tertiary alicyclic amines) is 1. The van der Waals surface area contributed by atoms with E-state index in [0.29, 0.717) is 6.42 Å². The molecule has 0 radical (unpaired) electrons. The number of alkyl halides is 1. The molecule has 11 heavy (non-hydrogen) atoms. The molecule has 62 valence electrons. The quantitative estimate of drug-likeness (QED) is 0.476. The minimum atomic E-state index is -0.512. The Kier molecular flexibility index (Phi) is 2.22. The number of ketones is 1. The topological polar surface area (TPSA) is 37.4 Å². The Bertz CT molecular complexity index is 212. The van der Waals surface area contributed by atoms with Gasteiger partial charge in [-0.15, -0.1) is 0 Å². The second kappa shape index (κ2) is 2.73. The lowest BCUT2D eigenvalue weighted by Gasteiger charge is -2.32. The Morgan fingerprint density at radius 2 is 2.09 bits per heavy atom. The summed E-state index contributed by atoms with van der Waals surface area (Å²) < 4.78 is -0.512. The van der Waals surface area contributed by atoms with Gasteiger partial charge in [-0.1, -0.05) is 22.6 Å². The lowest BCUT2D eigenvalue weighted by atomic mass is 9.99. The molecule has 1 rings (SSSR count). The van der Waals surface area contributed by atoms with E-state index >= 15 is 0 Å². The largest absolute Gasteiger partial charge is 0.337 e. The Balaban J connectivity index is 2.83. The highest BCUT2D eigenvalue weighted by Crippen LogP contribution is 2.28. The number of amides is 1. The summed E-state index contributed by atoms with van der Waals surface area (Å²) in [6.45, 7) is 2.07. The van der Waals surface area contributed by atoms with E-state index < -0.39 is 3.42 Å². The number of nitrogens with zero attached hydrogens (tertiary/aromatic N) is 1. The van der Waals surface area contributed by atoms with Crippen molar-refractivity contribution in [3.05, 3.63) is 0 Å². The van der Waals surface area contributed by atoms with Gasteiger partial charge in [-0.05, 0) is 6.92 Å². The van der Waals surface area contributed by atoms with Crippen molar-refractivity contribution in [2.45, 2.75) is 16.8 Å². The van der Waals surface area contributed by atoms with Crippen molar-refractivity contribution in [1.82, 2.24) is 4.90 Å². The maximum Gasteiger partial charge on any atom is 0.238 e. The fourth-order valence-corrected chi connectivity index (χ4v) is 2.07. The minimum absolute atomic E-state index is 0.0534. The van der Waals surface area contributed by atoms with Crippen molar-refractivity contribution >= 4 is 34.3 Å². The molecule has 1 atom stereocenters. The van der Waals surface area contributed by atoms with E-state index in [9.17, 15) is 9.59 Å². The van der Waals surface area contributed by atoms with E-state index in [-0.39, 0.29) is 18.2 Å². The molecule has 1 amide bonds. The standard InChI is InChI=1S/C7H10INO2/c1-7(8)3-5(10)4-9(2)6(7)11/h3-4H2,1-2H3. The number of Topliss-reactive ketones (excluding diaryl/α,β-unsaturated/α-hetero) is 1. The van der Waals surface area contributed by atoms with Crippen LogP contribution in [-0.4, -0.2) is 33.6 Å². The van der Waals surface area contributed by atoms with Gasteiger partial charge in [-0.2, -0.15) is 0 Å². The minimum Gasteiger partial charge on any atom is -0.337 e. The zero-order valence-corrected chi connectivity index (χ0v) is 8.71. The molecule has 0 aliphatic carbocycles. The predicted molar refractivity (Wildman–Crippen MR) is 49.7 cm³/mol. The number of hydrogen-bond donors (Lipinski definition) is 0. The van der Waals surface area contributed by atoms with Crippen LogP contribution in [0.15, 0.2) is 0 Å². The number of hydrogen-bond acceptors (Lipinski definition) is 2. The molecule has 1 unspecified atom stereocenters. The smallest absolute Gasteiger partial charge is 0.238 e. The number of rotatable bonds is 0. The van der Waals surface area contributed by atoms with Crippen LogP contribution in [-0.2, 0) is 9.59 Å². The van der Waals surface area contributed by atoms with Crippen LogP contribution in [0, 0.1) is 0 Å². The first kappa shape index (κ1) is 8.96. The highest BCUT2D eigenvalue weighted by Gasteiger charge is 2.39. The molecule has 1 aliphatic heterocycles. The van der Waals surface area contributed by atoms with Gasteiger partial charge in [0, 0.05) is 13.5 Å². The lowest BCUT2D eigenvalue weighted by molar-refractivity contribution is -0.140. The second-order valence-electron chi connectivity index (χ2n) is 3.07. The van der Waals surface area contributed by atoms with E-state index in [4.69, 9.17) is 0 Å². The molecular formula is C7H10INO2. The molecule has 1 aliphatic rings. The molecule has 0 aromatic rings. The highest BCUT2D eigenvalue weighted by molar-refractivity contribution is 14.1. The maximum absolute atomic E-state index is 11.4. The van der Waals surface area contributed by atoms with Crippen LogP contribution in [0.5, 0.6) is 0 Å². The van der Waals surface area contributed by atoms with Crippen LogP contribution in [0.4, 0.5) is 0 Å². The third-order valence-corrected chi connectivity index (χ3v) is 2.58. The Labute approximate surface area is 79.3 Å². The fourth-order valence-electron chi connectivity index (χ4n) is 1.24. The van der Waals surface area contributed by atoms with Crippen molar-refractivity contribution < 1.29 is 9.59 Å². The fraction of sp³-hybridized carbons (Fsp3) is 0.714.